The third-order valence-corrected chi connectivity index (χ3v) is 3.18. The summed E-state index contributed by atoms with van der Waals surface area (Å²) in [6.45, 7) is 3.15. The largest absolute Gasteiger partial charge is 0.492 e. The lowest BCUT2D eigenvalue weighted by atomic mass is 10.2. The van der Waals surface area contributed by atoms with Gasteiger partial charge in [0.05, 0.1) is 4.90 Å². The monoisotopic (exact) mass is 258 g/mol. The molecule has 1 rings (SSSR count). The van der Waals surface area contributed by atoms with Gasteiger partial charge >= 0.3 is 0 Å². The number of nitrogens with zero attached hydrogens (tertiary/aromatic N) is 1. The lowest BCUT2D eigenvalue weighted by Crippen LogP contribution is -2.19. The first-order chi connectivity index (χ1) is 7.80. The second kappa shape index (κ2) is 5.48. The molecule has 0 aromatic heterocycles. The van der Waals surface area contributed by atoms with Crippen LogP contribution in [-0.2, 0) is 10.0 Å². The van der Waals surface area contributed by atoms with Gasteiger partial charge < -0.3 is 9.64 Å². The molecular formula is C11H18N2O3S. The lowest BCUT2D eigenvalue weighted by Gasteiger charge is -2.13. The molecule has 0 bridgehead atoms. The molecule has 2 N–H and O–H groups in total. The fourth-order valence-corrected chi connectivity index (χ4v) is 1.90. The van der Waals surface area contributed by atoms with Crippen molar-refractivity contribution in [3.8, 4) is 5.75 Å². The van der Waals surface area contributed by atoms with E-state index >= 15 is 0 Å². The first kappa shape index (κ1) is 14.0. The number of aryl methyl sites for hydroxylation is 1. The molecule has 0 saturated heterocycles. The smallest absolute Gasteiger partial charge is 0.238 e. The van der Waals surface area contributed by atoms with Crippen molar-refractivity contribution in [1.29, 1.82) is 0 Å². The Bertz CT molecular complexity index is 483. The Labute approximate surface area is 102 Å². The molecule has 0 aliphatic carbocycles. The Morgan fingerprint density at radius 3 is 2.47 bits per heavy atom. The molecule has 0 saturated carbocycles. The van der Waals surface area contributed by atoms with Gasteiger partial charge in [0.15, 0.2) is 0 Å². The summed E-state index contributed by atoms with van der Waals surface area (Å²) in [5.74, 6) is 0.680. The van der Waals surface area contributed by atoms with E-state index < -0.39 is 10.0 Å². The number of rotatable bonds is 5. The molecule has 1 aromatic carbocycles. The van der Waals surface area contributed by atoms with Gasteiger partial charge in [0.1, 0.15) is 12.4 Å². The summed E-state index contributed by atoms with van der Waals surface area (Å²) in [6, 6.07) is 4.60. The maximum absolute atomic E-state index is 11.1. The van der Waals surface area contributed by atoms with Crippen LogP contribution in [0.15, 0.2) is 23.1 Å². The highest BCUT2D eigenvalue weighted by molar-refractivity contribution is 7.89. The Morgan fingerprint density at radius 2 is 2.00 bits per heavy atom. The van der Waals surface area contributed by atoms with Crippen molar-refractivity contribution < 1.29 is 13.2 Å². The van der Waals surface area contributed by atoms with E-state index in [9.17, 15) is 8.42 Å². The SMILES string of the molecule is Cc1cc(S(N)(=O)=O)ccc1OCCN(C)C. The zero-order valence-electron chi connectivity index (χ0n) is 10.3. The van der Waals surface area contributed by atoms with Crippen LogP contribution in [0.1, 0.15) is 5.56 Å². The molecule has 0 radical (unpaired) electrons. The molecule has 0 unspecified atom stereocenters. The highest BCUT2D eigenvalue weighted by Crippen LogP contribution is 2.20. The third kappa shape index (κ3) is 4.33. The molecule has 0 amide bonds. The average molecular weight is 258 g/mol. The van der Waals surface area contributed by atoms with Crippen molar-refractivity contribution in [3.05, 3.63) is 23.8 Å². The van der Waals surface area contributed by atoms with E-state index in [2.05, 4.69) is 0 Å². The number of hydrogen-bond donors (Lipinski definition) is 1. The van der Waals surface area contributed by atoms with Crippen LogP contribution in [0, 0.1) is 6.92 Å². The lowest BCUT2D eigenvalue weighted by molar-refractivity contribution is 0.260. The van der Waals surface area contributed by atoms with Gasteiger partial charge in [-0.2, -0.15) is 0 Å². The van der Waals surface area contributed by atoms with Crippen LogP contribution < -0.4 is 9.88 Å². The summed E-state index contributed by atoms with van der Waals surface area (Å²) >= 11 is 0. The van der Waals surface area contributed by atoms with Gasteiger partial charge in [0.25, 0.3) is 0 Å². The van der Waals surface area contributed by atoms with Crippen LogP contribution in [0.4, 0.5) is 0 Å². The second-order valence-corrected chi connectivity index (χ2v) is 5.69. The van der Waals surface area contributed by atoms with Crippen LogP contribution in [0.25, 0.3) is 0 Å². The number of ether oxygens (including phenoxy) is 1. The highest BCUT2D eigenvalue weighted by atomic mass is 32.2. The molecule has 0 fully saturated rings. The molecule has 6 heteroatoms. The third-order valence-electron chi connectivity index (χ3n) is 2.27. The van der Waals surface area contributed by atoms with Crippen LogP contribution in [0.2, 0.25) is 0 Å². The van der Waals surface area contributed by atoms with Crippen LogP contribution in [0.5, 0.6) is 5.75 Å². The first-order valence-electron chi connectivity index (χ1n) is 5.21. The van der Waals surface area contributed by atoms with Crippen LogP contribution in [0.3, 0.4) is 0 Å². The number of primary sulfonamides is 1. The van der Waals surface area contributed by atoms with Gasteiger partial charge in [0.2, 0.25) is 10.0 Å². The van der Waals surface area contributed by atoms with E-state index in [-0.39, 0.29) is 4.90 Å². The Kier molecular flexibility index (Phi) is 4.50. The molecule has 0 aliphatic heterocycles. The summed E-state index contributed by atoms with van der Waals surface area (Å²) in [7, 11) is 0.277. The number of benzene rings is 1. The molecule has 0 atom stereocenters. The van der Waals surface area contributed by atoms with E-state index in [1.165, 1.54) is 12.1 Å². The fourth-order valence-electron chi connectivity index (χ4n) is 1.30. The molecule has 0 heterocycles. The minimum atomic E-state index is -3.64. The van der Waals surface area contributed by atoms with Gasteiger partial charge in [-0.1, -0.05) is 0 Å². The van der Waals surface area contributed by atoms with Crippen molar-refractivity contribution in [3.63, 3.8) is 0 Å². The van der Waals surface area contributed by atoms with Gasteiger partial charge in [-0.25, -0.2) is 13.6 Å². The van der Waals surface area contributed by atoms with Crippen molar-refractivity contribution in [2.45, 2.75) is 11.8 Å². The average Bonchev–Trinajstić information content (AvgIpc) is 2.18. The van der Waals surface area contributed by atoms with E-state index in [1.807, 2.05) is 19.0 Å². The van der Waals surface area contributed by atoms with Gasteiger partial charge in [-0.05, 0) is 44.8 Å². The Morgan fingerprint density at radius 1 is 1.35 bits per heavy atom. The molecule has 0 spiro atoms. The Balaban J connectivity index is 2.77. The first-order valence-corrected chi connectivity index (χ1v) is 6.76. The minimum Gasteiger partial charge on any atom is -0.492 e. The summed E-state index contributed by atoms with van der Waals surface area (Å²) in [5, 5.41) is 5.04. The van der Waals surface area contributed by atoms with Crippen molar-refractivity contribution in [2.75, 3.05) is 27.2 Å². The zero-order valence-corrected chi connectivity index (χ0v) is 11.1. The maximum Gasteiger partial charge on any atom is 0.238 e. The van der Waals surface area contributed by atoms with E-state index in [1.54, 1.807) is 13.0 Å². The molecule has 0 aliphatic rings. The van der Waals surface area contributed by atoms with Gasteiger partial charge in [-0.3, -0.25) is 0 Å². The summed E-state index contributed by atoms with van der Waals surface area (Å²) in [5.41, 5.74) is 0.760. The maximum atomic E-state index is 11.1. The van der Waals surface area contributed by atoms with Crippen LogP contribution >= 0.6 is 0 Å². The predicted octanol–water partition coefficient (Wildman–Crippen LogP) is 0.583. The predicted molar refractivity (Wildman–Crippen MR) is 66.6 cm³/mol. The number of likely N-dealkylation sites (N-methyl/N-ethyl adjacent to an activating group) is 1. The second-order valence-electron chi connectivity index (χ2n) is 4.12. The molecule has 17 heavy (non-hydrogen) atoms. The quantitative estimate of drug-likeness (QED) is 0.838. The molecule has 96 valence electrons. The minimum absolute atomic E-state index is 0.106. The number of nitrogens with two attached hydrogens (primary N) is 1. The van der Waals surface area contributed by atoms with Gasteiger partial charge in [-0.15, -0.1) is 0 Å². The molecular weight excluding hydrogens is 240 g/mol. The fraction of sp³-hybridized carbons (Fsp3) is 0.455. The van der Waals surface area contributed by atoms with Crippen molar-refractivity contribution in [2.24, 2.45) is 5.14 Å². The molecule has 1 aromatic rings. The number of hydrogen-bond acceptors (Lipinski definition) is 4. The zero-order chi connectivity index (χ0) is 13.1. The topological polar surface area (TPSA) is 72.6 Å². The normalized spacial score (nSPS) is 11.8. The van der Waals surface area contributed by atoms with E-state index in [0.717, 1.165) is 12.1 Å². The summed E-state index contributed by atoms with van der Waals surface area (Å²) in [6.07, 6.45) is 0. The standard InChI is InChI=1S/C11H18N2O3S/c1-9-8-10(17(12,14)15)4-5-11(9)16-7-6-13(2)3/h4-5,8H,6-7H2,1-3H3,(H2,12,14,15). The summed E-state index contributed by atoms with van der Waals surface area (Å²) in [4.78, 5) is 2.11. The molecule has 5 nitrogen and oxygen atoms in total. The Hall–Kier alpha value is -1.11. The summed E-state index contributed by atoms with van der Waals surface area (Å²) < 4.78 is 27.8. The van der Waals surface area contributed by atoms with Crippen molar-refractivity contribution >= 4 is 10.0 Å². The van der Waals surface area contributed by atoms with Crippen LogP contribution in [-0.4, -0.2) is 40.6 Å². The highest BCUT2D eigenvalue weighted by Gasteiger charge is 2.09. The number of sulfonamides is 1. The van der Waals surface area contributed by atoms with Gasteiger partial charge in [0, 0.05) is 6.54 Å². The van der Waals surface area contributed by atoms with Crippen molar-refractivity contribution in [1.82, 2.24) is 4.90 Å². The van der Waals surface area contributed by atoms with E-state index in [0.29, 0.717) is 12.4 Å². The van der Waals surface area contributed by atoms with E-state index in [4.69, 9.17) is 9.88 Å².